The highest BCUT2D eigenvalue weighted by Gasteiger charge is 2.38. The summed E-state index contributed by atoms with van der Waals surface area (Å²) in [6.07, 6.45) is -0.228. The molecule has 0 heterocycles. The number of carboxylic acid groups (broad SMARTS) is 2. The fraction of sp³-hybridized carbons (Fsp3) is 0.615. The quantitative estimate of drug-likeness (QED) is 0.291. The maximum Gasteiger partial charge on any atom is 0.329 e. The molecule has 0 aliphatic heterocycles. The summed E-state index contributed by atoms with van der Waals surface area (Å²) in [4.78, 5) is 25.8. The topological polar surface area (TPSA) is 175 Å². The minimum atomic E-state index is -1.60. The standard InChI is InChI=1S/C13H21N3O7/c1-23-11-7(15-5-10(18)19)2-13(22,6-17)3-8(11)16-9(4-14)12(20)21/h9,15,17,22H,2-6,14H2,1H3,(H,18,19)(H,20,21)/b16-8+/t9-,13-/m0/s1. The van der Waals surface area contributed by atoms with Crippen LogP contribution < -0.4 is 11.1 Å². The molecule has 0 fully saturated rings. The molecule has 0 saturated carbocycles. The summed E-state index contributed by atoms with van der Waals surface area (Å²) in [7, 11) is 1.31. The van der Waals surface area contributed by atoms with Crippen molar-refractivity contribution in [2.45, 2.75) is 24.5 Å². The van der Waals surface area contributed by atoms with E-state index >= 15 is 0 Å². The normalized spacial score (nSPS) is 24.4. The van der Waals surface area contributed by atoms with Gasteiger partial charge in [-0.25, -0.2) is 4.79 Å². The molecule has 10 heteroatoms. The summed E-state index contributed by atoms with van der Waals surface area (Å²) in [5.74, 6) is -2.23. The van der Waals surface area contributed by atoms with Crippen molar-refractivity contribution in [3.05, 3.63) is 11.5 Å². The van der Waals surface area contributed by atoms with Crippen molar-refractivity contribution in [1.29, 1.82) is 0 Å². The van der Waals surface area contributed by atoms with Crippen LogP contribution in [0.25, 0.3) is 0 Å². The van der Waals surface area contributed by atoms with Crippen molar-refractivity contribution in [3.63, 3.8) is 0 Å². The third-order valence-corrected chi connectivity index (χ3v) is 3.31. The molecule has 0 radical (unpaired) electrons. The number of allylic oxidation sites excluding steroid dienone is 1. The first-order chi connectivity index (χ1) is 10.8. The van der Waals surface area contributed by atoms with Gasteiger partial charge in [0.05, 0.1) is 30.7 Å². The molecule has 0 spiro atoms. The van der Waals surface area contributed by atoms with Crippen LogP contribution in [-0.4, -0.2) is 76.5 Å². The number of ether oxygens (including phenoxy) is 1. The summed E-state index contributed by atoms with van der Waals surface area (Å²) < 4.78 is 5.18. The molecule has 130 valence electrons. The Morgan fingerprint density at radius 1 is 1.43 bits per heavy atom. The van der Waals surface area contributed by atoms with Gasteiger partial charge in [-0.05, 0) is 0 Å². The van der Waals surface area contributed by atoms with Gasteiger partial charge in [0.15, 0.2) is 11.8 Å². The van der Waals surface area contributed by atoms with Gasteiger partial charge in [-0.2, -0.15) is 0 Å². The molecular weight excluding hydrogens is 310 g/mol. The maximum atomic E-state index is 11.1. The van der Waals surface area contributed by atoms with Crippen LogP contribution in [0.2, 0.25) is 0 Å². The molecule has 2 atom stereocenters. The Balaban J connectivity index is 3.27. The molecule has 10 nitrogen and oxygen atoms in total. The van der Waals surface area contributed by atoms with E-state index in [0.29, 0.717) is 0 Å². The highest BCUT2D eigenvalue weighted by atomic mass is 16.5. The molecule has 0 unspecified atom stereocenters. The number of aliphatic imine (C=N–C) groups is 1. The number of aliphatic hydroxyl groups excluding tert-OH is 1. The number of hydrogen-bond acceptors (Lipinski definition) is 8. The lowest BCUT2D eigenvalue weighted by molar-refractivity contribution is -0.138. The molecule has 23 heavy (non-hydrogen) atoms. The lowest BCUT2D eigenvalue weighted by Gasteiger charge is -2.34. The Morgan fingerprint density at radius 3 is 2.52 bits per heavy atom. The van der Waals surface area contributed by atoms with Gasteiger partial charge in [0.1, 0.15) is 6.54 Å². The molecule has 0 aromatic heterocycles. The van der Waals surface area contributed by atoms with E-state index in [1.807, 2.05) is 0 Å². The first kappa shape index (κ1) is 18.9. The zero-order valence-electron chi connectivity index (χ0n) is 12.7. The minimum Gasteiger partial charge on any atom is -0.493 e. The van der Waals surface area contributed by atoms with Crippen molar-refractivity contribution in [1.82, 2.24) is 5.32 Å². The van der Waals surface area contributed by atoms with E-state index in [1.165, 1.54) is 7.11 Å². The number of aliphatic hydroxyl groups is 2. The lowest BCUT2D eigenvalue weighted by Crippen LogP contribution is -2.44. The van der Waals surface area contributed by atoms with Gasteiger partial charge in [-0.15, -0.1) is 0 Å². The number of methoxy groups -OCH3 is 1. The molecule has 0 saturated heterocycles. The first-order valence-electron chi connectivity index (χ1n) is 6.82. The number of nitrogens with zero attached hydrogens (tertiary/aromatic N) is 1. The zero-order chi connectivity index (χ0) is 17.6. The Bertz CT molecular complexity index is 532. The van der Waals surface area contributed by atoms with Crippen molar-refractivity contribution < 1.29 is 34.8 Å². The van der Waals surface area contributed by atoms with Crippen molar-refractivity contribution >= 4 is 17.7 Å². The third kappa shape index (κ3) is 4.91. The van der Waals surface area contributed by atoms with Crippen molar-refractivity contribution in [2.24, 2.45) is 10.7 Å². The van der Waals surface area contributed by atoms with Crippen LogP contribution in [-0.2, 0) is 14.3 Å². The monoisotopic (exact) mass is 331 g/mol. The highest BCUT2D eigenvalue weighted by molar-refractivity contribution is 6.02. The van der Waals surface area contributed by atoms with E-state index in [4.69, 9.17) is 20.7 Å². The van der Waals surface area contributed by atoms with E-state index < -0.39 is 36.7 Å². The van der Waals surface area contributed by atoms with E-state index in [-0.39, 0.29) is 36.6 Å². The van der Waals surface area contributed by atoms with Crippen molar-refractivity contribution in [2.75, 3.05) is 26.8 Å². The first-order valence-corrected chi connectivity index (χ1v) is 6.82. The second-order valence-corrected chi connectivity index (χ2v) is 5.16. The second-order valence-electron chi connectivity index (χ2n) is 5.16. The average molecular weight is 331 g/mol. The van der Waals surface area contributed by atoms with Gasteiger partial charge in [-0.3, -0.25) is 9.79 Å². The van der Waals surface area contributed by atoms with Gasteiger partial charge < -0.3 is 36.2 Å². The zero-order valence-corrected chi connectivity index (χ0v) is 12.7. The smallest absolute Gasteiger partial charge is 0.329 e. The van der Waals surface area contributed by atoms with Crippen molar-refractivity contribution in [3.8, 4) is 0 Å². The number of nitrogens with one attached hydrogen (secondary N) is 1. The Kier molecular flexibility index (Phi) is 6.49. The number of nitrogens with two attached hydrogens (primary N) is 1. The fourth-order valence-corrected chi connectivity index (χ4v) is 2.22. The number of aliphatic carboxylic acids is 2. The molecule has 0 aromatic rings. The van der Waals surface area contributed by atoms with E-state index in [2.05, 4.69) is 10.3 Å². The predicted molar refractivity (Wildman–Crippen MR) is 78.9 cm³/mol. The molecular formula is C13H21N3O7. The molecule has 0 bridgehead atoms. The number of carboxylic acids is 2. The van der Waals surface area contributed by atoms with Crippen LogP contribution in [0.15, 0.2) is 16.4 Å². The third-order valence-electron chi connectivity index (χ3n) is 3.31. The molecule has 0 aromatic carbocycles. The Hall–Kier alpha value is -2.17. The van der Waals surface area contributed by atoms with Crippen LogP contribution in [0.5, 0.6) is 0 Å². The number of carbonyl (C=O) groups is 2. The van der Waals surface area contributed by atoms with Gasteiger partial charge in [0.25, 0.3) is 0 Å². The molecule has 1 aliphatic rings. The predicted octanol–water partition coefficient (Wildman–Crippen LogP) is -2.11. The van der Waals surface area contributed by atoms with E-state index in [0.717, 1.165) is 0 Å². The highest BCUT2D eigenvalue weighted by Crippen LogP contribution is 2.30. The number of hydrogen-bond donors (Lipinski definition) is 6. The summed E-state index contributed by atoms with van der Waals surface area (Å²) in [5.41, 5.74) is 4.08. The van der Waals surface area contributed by atoms with Gasteiger partial charge in [0, 0.05) is 19.4 Å². The SMILES string of the molecule is COC1=C(NCC(=O)O)C[C@@](O)(CO)C/C1=N\[C@@H](CN)C(=O)O. The van der Waals surface area contributed by atoms with Gasteiger partial charge in [0.2, 0.25) is 0 Å². The molecule has 1 aliphatic carbocycles. The Morgan fingerprint density at radius 2 is 2.09 bits per heavy atom. The summed E-state index contributed by atoms with van der Waals surface area (Å²) in [5, 5.41) is 40.1. The van der Waals surface area contributed by atoms with Gasteiger partial charge >= 0.3 is 11.9 Å². The van der Waals surface area contributed by atoms with Gasteiger partial charge in [-0.1, -0.05) is 0 Å². The summed E-state index contributed by atoms with van der Waals surface area (Å²) in [6.45, 7) is -1.30. The molecule has 1 rings (SSSR count). The van der Waals surface area contributed by atoms with Crippen LogP contribution >= 0.6 is 0 Å². The van der Waals surface area contributed by atoms with E-state index in [1.54, 1.807) is 0 Å². The van der Waals surface area contributed by atoms with Crippen LogP contribution in [0.4, 0.5) is 0 Å². The maximum absolute atomic E-state index is 11.1. The molecule has 0 amide bonds. The summed E-state index contributed by atoms with van der Waals surface area (Å²) >= 11 is 0. The second kappa shape index (κ2) is 7.90. The van der Waals surface area contributed by atoms with Crippen LogP contribution in [0.1, 0.15) is 12.8 Å². The minimum absolute atomic E-state index is 0.0840. The van der Waals surface area contributed by atoms with E-state index in [9.17, 15) is 19.8 Å². The number of rotatable bonds is 8. The average Bonchev–Trinajstić information content (AvgIpc) is 2.49. The summed E-state index contributed by atoms with van der Waals surface area (Å²) in [6, 6.07) is -1.24. The fourth-order valence-electron chi connectivity index (χ4n) is 2.22. The van der Waals surface area contributed by atoms with Crippen LogP contribution in [0.3, 0.4) is 0 Å². The lowest BCUT2D eigenvalue weighted by atomic mass is 9.85. The molecule has 7 N–H and O–H groups in total. The Labute approximate surface area is 132 Å². The van der Waals surface area contributed by atoms with Crippen LogP contribution in [0, 0.1) is 0 Å². The largest absolute Gasteiger partial charge is 0.493 e.